The Morgan fingerprint density at radius 3 is 1.48 bits per heavy atom. The van der Waals surface area contributed by atoms with Crippen LogP contribution in [0.4, 0.5) is 0 Å². The molecular formula is C17H29N4+. The zero-order valence-electron chi connectivity index (χ0n) is 13.5. The molecule has 0 saturated heterocycles. The molecule has 0 spiro atoms. The summed E-state index contributed by atoms with van der Waals surface area (Å²) >= 11 is 0. The lowest BCUT2D eigenvalue weighted by Gasteiger charge is -2.37. The van der Waals surface area contributed by atoms with Crippen LogP contribution in [0.15, 0.2) is 0 Å². The molecule has 0 saturated carbocycles. The van der Waals surface area contributed by atoms with Gasteiger partial charge in [0, 0.05) is 0 Å². The fourth-order valence-electron chi connectivity index (χ4n) is 2.76. The van der Waals surface area contributed by atoms with E-state index in [9.17, 15) is 0 Å². The topological polar surface area (TPSA) is 71.4 Å². The quantitative estimate of drug-likeness (QED) is 0.381. The lowest BCUT2D eigenvalue weighted by Crippen LogP contribution is -2.50. The number of rotatable bonds is 13. The normalized spacial score (nSPS) is 10.6. The molecule has 0 amide bonds. The first-order chi connectivity index (χ1) is 10.2. The van der Waals surface area contributed by atoms with Crippen molar-refractivity contribution in [1.29, 1.82) is 15.8 Å². The second-order valence-electron chi connectivity index (χ2n) is 5.73. The van der Waals surface area contributed by atoms with Crippen LogP contribution in [0.2, 0.25) is 0 Å². The highest BCUT2D eigenvalue weighted by Crippen LogP contribution is 2.15. The minimum Gasteiger partial charge on any atom is -0.321 e. The first kappa shape index (κ1) is 19.4. The van der Waals surface area contributed by atoms with Gasteiger partial charge in [0.2, 0.25) is 0 Å². The molecule has 0 heterocycles. The summed E-state index contributed by atoms with van der Waals surface area (Å²) < 4.78 is 0.766. The second kappa shape index (κ2) is 13.4. The van der Waals surface area contributed by atoms with Gasteiger partial charge in [-0.05, 0) is 12.8 Å². The van der Waals surface area contributed by atoms with Crippen LogP contribution >= 0.6 is 0 Å². The van der Waals surface area contributed by atoms with Gasteiger partial charge in [0.25, 0.3) is 0 Å². The third-order valence-corrected chi connectivity index (χ3v) is 4.08. The van der Waals surface area contributed by atoms with E-state index in [4.69, 9.17) is 15.8 Å². The first-order valence-electron chi connectivity index (χ1n) is 8.20. The van der Waals surface area contributed by atoms with Crippen LogP contribution in [0.1, 0.15) is 64.7 Å². The van der Waals surface area contributed by atoms with Crippen molar-refractivity contribution in [3.8, 4) is 18.2 Å². The van der Waals surface area contributed by atoms with Crippen LogP contribution in [-0.4, -0.2) is 30.7 Å². The van der Waals surface area contributed by atoms with Crippen LogP contribution in [-0.2, 0) is 0 Å². The van der Waals surface area contributed by atoms with Gasteiger partial charge in [-0.25, -0.2) is 0 Å². The maximum Gasteiger partial charge on any atom is 0.0919 e. The van der Waals surface area contributed by atoms with Crippen LogP contribution in [0.5, 0.6) is 0 Å². The monoisotopic (exact) mass is 289 g/mol. The Kier molecular flexibility index (Phi) is 12.4. The molecule has 0 unspecified atom stereocenters. The summed E-state index contributed by atoms with van der Waals surface area (Å²) in [5.41, 5.74) is 0. The second-order valence-corrected chi connectivity index (χ2v) is 5.73. The molecule has 0 fully saturated rings. The van der Waals surface area contributed by atoms with E-state index in [1.165, 1.54) is 32.1 Å². The fourth-order valence-corrected chi connectivity index (χ4v) is 2.76. The van der Waals surface area contributed by atoms with Crippen LogP contribution in [0.25, 0.3) is 0 Å². The van der Waals surface area contributed by atoms with Crippen LogP contribution in [0.3, 0.4) is 0 Å². The number of nitriles is 3. The molecule has 4 nitrogen and oxygen atoms in total. The van der Waals surface area contributed by atoms with Crippen molar-refractivity contribution >= 4 is 0 Å². The molecule has 0 N–H and O–H groups in total. The first-order valence-corrected chi connectivity index (χ1v) is 8.20. The molecule has 0 aromatic carbocycles. The molecular weight excluding hydrogens is 260 g/mol. The van der Waals surface area contributed by atoms with Gasteiger partial charge in [-0.3, -0.25) is 0 Å². The average molecular weight is 289 g/mol. The molecule has 0 aromatic heterocycles. The molecule has 0 aromatic rings. The summed E-state index contributed by atoms with van der Waals surface area (Å²) in [6, 6.07) is 6.64. The zero-order valence-corrected chi connectivity index (χ0v) is 13.5. The van der Waals surface area contributed by atoms with E-state index >= 15 is 0 Å². The highest BCUT2D eigenvalue weighted by molar-refractivity contribution is 4.74. The number of hydrogen-bond donors (Lipinski definition) is 0. The zero-order chi connectivity index (χ0) is 15.8. The van der Waals surface area contributed by atoms with E-state index < -0.39 is 0 Å². The summed E-state index contributed by atoms with van der Waals surface area (Å²) in [7, 11) is 0. The average Bonchev–Trinajstić information content (AvgIpc) is 2.51. The number of nitrogens with zero attached hydrogens (tertiary/aromatic N) is 4. The van der Waals surface area contributed by atoms with E-state index in [-0.39, 0.29) is 0 Å². The highest BCUT2D eigenvalue weighted by Gasteiger charge is 2.25. The summed E-state index contributed by atoms with van der Waals surface area (Å²) in [4.78, 5) is 0. The standard InChI is InChI=1S/C17H29N4/c1-2-3-4-5-6-7-14-21(15-8-11-18,16-9-12-19)17-10-13-20/h2-10,14-17H2,1H3/q+1. The van der Waals surface area contributed by atoms with Crippen molar-refractivity contribution in [3.63, 3.8) is 0 Å². The predicted octanol–water partition coefficient (Wildman–Crippen LogP) is 3.90. The highest BCUT2D eigenvalue weighted by atomic mass is 15.3. The van der Waals surface area contributed by atoms with Crippen molar-refractivity contribution in [1.82, 2.24) is 0 Å². The van der Waals surface area contributed by atoms with Crippen molar-refractivity contribution < 1.29 is 4.48 Å². The fraction of sp³-hybridized carbons (Fsp3) is 0.824. The Hall–Kier alpha value is -1.57. The van der Waals surface area contributed by atoms with E-state index in [0.717, 1.165) is 37.1 Å². The maximum absolute atomic E-state index is 8.86. The van der Waals surface area contributed by atoms with Gasteiger partial charge in [0.05, 0.1) is 63.6 Å². The van der Waals surface area contributed by atoms with Crippen molar-refractivity contribution in [3.05, 3.63) is 0 Å². The Morgan fingerprint density at radius 1 is 0.619 bits per heavy atom. The molecule has 0 bridgehead atoms. The van der Waals surface area contributed by atoms with Crippen LogP contribution < -0.4 is 0 Å². The van der Waals surface area contributed by atoms with Gasteiger partial charge >= 0.3 is 0 Å². The number of quaternary nitrogens is 1. The predicted molar refractivity (Wildman–Crippen MR) is 83.8 cm³/mol. The molecule has 116 valence electrons. The molecule has 4 heteroatoms. The third kappa shape index (κ3) is 9.89. The minimum atomic E-state index is 0.507. The number of unbranched alkanes of at least 4 members (excludes halogenated alkanes) is 5. The van der Waals surface area contributed by atoms with Gasteiger partial charge in [0.15, 0.2) is 0 Å². The molecule has 0 radical (unpaired) electrons. The smallest absolute Gasteiger partial charge is 0.0919 e. The van der Waals surface area contributed by atoms with E-state index in [2.05, 4.69) is 25.1 Å². The Bertz CT molecular complexity index is 324. The SMILES string of the molecule is CCCCCCCC[N+](CCC#N)(CCC#N)CCC#N. The van der Waals surface area contributed by atoms with Gasteiger partial charge in [-0.2, -0.15) is 15.8 Å². The van der Waals surface area contributed by atoms with Crippen LogP contribution in [0, 0.1) is 34.0 Å². The molecule has 0 rings (SSSR count). The largest absolute Gasteiger partial charge is 0.321 e. The van der Waals surface area contributed by atoms with Crippen molar-refractivity contribution in [2.45, 2.75) is 64.7 Å². The van der Waals surface area contributed by atoms with E-state index in [1.54, 1.807) is 0 Å². The lowest BCUT2D eigenvalue weighted by molar-refractivity contribution is -0.927. The van der Waals surface area contributed by atoms with Gasteiger partial charge in [0.1, 0.15) is 0 Å². The molecule has 0 aliphatic heterocycles. The minimum absolute atomic E-state index is 0.507. The molecule has 21 heavy (non-hydrogen) atoms. The summed E-state index contributed by atoms with van der Waals surface area (Å²) in [6.45, 7) is 5.53. The van der Waals surface area contributed by atoms with Crippen molar-refractivity contribution in [2.24, 2.45) is 0 Å². The summed E-state index contributed by atoms with van der Waals surface area (Å²) in [5, 5.41) is 26.6. The molecule has 0 atom stereocenters. The summed E-state index contributed by atoms with van der Waals surface area (Å²) in [6.07, 6.45) is 8.99. The lowest BCUT2D eigenvalue weighted by atomic mass is 10.1. The molecule has 0 aliphatic rings. The van der Waals surface area contributed by atoms with Gasteiger partial charge < -0.3 is 4.48 Å². The van der Waals surface area contributed by atoms with Crippen molar-refractivity contribution in [2.75, 3.05) is 26.2 Å². The van der Waals surface area contributed by atoms with E-state index in [1.807, 2.05) is 0 Å². The van der Waals surface area contributed by atoms with E-state index in [0.29, 0.717) is 19.3 Å². The summed E-state index contributed by atoms with van der Waals surface area (Å²) in [5.74, 6) is 0. The Balaban J connectivity index is 4.40. The van der Waals surface area contributed by atoms with Gasteiger partial charge in [-0.1, -0.05) is 32.6 Å². The number of hydrogen-bond acceptors (Lipinski definition) is 3. The Morgan fingerprint density at radius 2 is 1.05 bits per heavy atom. The van der Waals surface area contributed by atoms with Gasteiger partial charge in [-0.15, -0.1) is 0 Å². The Labute approximate surface area is 130 Å². The third-order valence-electron chi connectivity index (χ3n) is 4.08. The molecule has 0 aliphatic carbocycles. The maximum atomic E-state index is 8.86.